The Morgan fingerprint density at radius 3 is 2.27 bits per heavy atom. The summed E-state index contributed by atoms with van der Waals surface area (Å²) in [7, 11) is 0. The normalized spacial score (nSPS) is 16.5. The van der Waals surface area contributed by atoms with Gasteiger partial charge in [-0.15, -0.1) is 0 Å². The third-order valence-electron chi connectivity index (χ3n) is 7.01. The SMILES string of the molecule is CC(C)C(C)(c1ccc(-c2cnc(N)nc2)cc1)c1noc(N2CCC(NC(=O)OC(C)(C)C)CC2)n1. The van der Waals surface area contributed by atoms with E-state index in [0.29, 0.717) is 24.9 Å². The first kappa shape index (κ1) is 26.4. The highest BCUT2D eigenvalue weighted by Gasteiger charge is 2.38. The molecule has 0 saturated carbocycles. The Kier molecular flexibility index (Phi) is 7.38. The maximum absolute atomic E-state index is 12.1. The zero-order valence-corrected chi connectivity index (χ0v) is 22.5. The summed E-state index contributed by atoms with van der Waals surface area (Å²) in [6.45, 7) is 13.4. The second kappa shape index (κ2) is 10.4. The predicted molar refractivity (Wildman–Crippen MR) is 142 cm³/mol. The summed E-state index contributed by atoms with van der Waals surface area (Å²) in [5.41, 5.74) is 7.65. The Bertz CT molecular complexity index is 1190. The molecule has 3 aromatic rings. The van der Waals surface area contributed by atoms with Crippen molar-refractivity contribution in [1.82, 2.24) is 25.4 Å². The third-order valence-corrected chi connectivity index (χ3v) is 7.01. The molecule has 1 aromatic carbocycles. The van der Waals surface area contributed by atoms with E-state index in [-0.39, 0.29) is 24.0 Å². The standard InChI is InChI=1S/C27H37N7O3/c1-17(2)27(6,20-9-7-18(8-10-20)19-15-29-23(28)30-16-19)22-32-24(37-33-22)34-13-11-21(12-14-34)31-25(35)36-26(3,4)5/h7-10,15-17,21H,11-14H2,1-6H3,(H,31,35)(H2,28,29,30). The van der Waals surface area contributed by atoms with Gasteiger partial charge in [0.05, 0.1) is 5.41 Å². The lowest BCUT2D eigenvalue weighted by molar-refractivity contribution is 0.0497. The number of carbonyl (C=O) groups excluding carboxylic acids is 1. The number of hydrogen-bond donors (Lipinski definition) is 2. The number of nitrogen functional groups attached to an aromatic ring is 1. The van der Waals surface area contributed by atoms with Crippen LogP contribution in [0.15, 0.2) is 41.2 Å². The molecular weight excluding hydrogens is 470 g/mol. The highest BCUT2D eigenvalue weighted by atomic mass is 16.6. The first-order valence-electron chi connectivity index (χ1n) is 12.7. The van der Waals surface area contributed by atoms with Gasteiger partial charge in [-0.1, -0.05) is 43.3 Å². The molecule has 0 aliphatic carbocycles. The molecule has 1 aliphatic heterocycles. The van der Waals surface area contributed by atoms with Crippen LogP contribution in [-0.2, 0) is 10.2 Å². The maximum atomic E-state index is 12.1. The lowest BCUT2D eigenvalue weighted by Gasteiger charge is -2.32. The van der Waals surface area contributed by atoms with E-state index in [1.165, 1.54) is 0 Å². The molecule has 1 saturated heterocycles. The number of carbonyl (C=O) groups is 1. The van der Waals surface area contributed by atoms with Crippen LogP contribution >= 0.6 is 0 Å². The van der Waals surface area contributed by atoms with Crippen LogP contribution < -0.4 is 16.0 Å². The van der Waals surface area contributed by atoms with Crippen LogP contribution in [0.4, 0.5) is 16.8 Å². The number of benzene rings is 1. The van der Waals surface area contributed by atoms with Crippen LogP contribution in [0, 0.1) is 5.92 Å². The molecule has 0 spiro atoms. The van der Waals surface area contributed by atoms with Gasteiger partial charge in [0.25, 0.3) is 0 Å². The van der Waals surface area contributed by atoms with Crippen molar-refractivity contribution in [2.24, 2.45) is 5.92 Å². The first-order valence-corrected chi connectivity index (χ1v) is 12.7. The van der Waals surface area contributed by atoms with E-state index in [1.807, 2.05) is 32.9 Å². The predicted octanol–water partition coefficient (Wildman–Crippen LogP) is 4.56. The fraction of sp³-hybridized carbons (Fsp3) is 0.519. The molecule has 1 unspecified atom stereocenters. The average molecular weight is 508 g/mol. The number of nitrogens with two attached hydrogens (primary N) is 1. The smallest absolute Gasteiger partial charge is 0.407 e. The van der Waals surface area contributed by atoms with E-state index < -0.39 is 11.0 Å². The number of nitrogens with one attached hydrogen (secondary N) is 1. The van der Waals surface area contributed by atoms with Crippen molar-refractivity contribution < 1.29 is 14.1 Å². The first-order chi connectivity index (χ1) is 17.5. The lowest BCUT2D eigenvalue weighted by atomic mass is 9.72. The number of hydrogen-bond acceptors (Lipinski definition) is 9. The van der Waals surface area contributed by atoms with Crippen molar-refractivity contribution >= 4 is 18.1 Å². The Balaban J connectivity index is 1.45. The number of piperidine rings is 1. The molecule has 198 valence electrons. The molecule has 1 amide bonds. The van der Waals surface area contributed by atoms with Crippen molar-refractivity contribution in [3.05, 3.63) is 48.0 Å². The van der Waals surface area contributed by atoms with Crippen molar-refractivity contribution in [3.63, 3.8) is 0 Å². The van der Waals surface area contributed by atoms with Gasteiger partial charge < -0.3 is 25.2 Å². The molecular formula is C27H37N7O3. The van der Waals surface area contributed by atoms with Gasteiger partial charge in [-0.2, -0.15) is 4.98 Å². The number of nitrogens with zero attached hydrogens (tertiary/aromatic N) is 5. The van der Waals surface area contributed by atoms with Crippen molar-refractivity contribution in [2.75, 3.05) is 23.7 Å². The summed E-state index contributed by atoms with van der Waals surface area (Å²) in [6, 6.07) is 8.85. The van der Waals surface area contributed by atoms with Gasteiger partial charge in [0.15, 0.2) is 5.82 Å². The summed E-state index contributed by atoms with van der Waals surface area (Å²) in [4.78, 5) is 27.2. The summed E-state index contributed by atoms with van der Waals surface area (Å²) >= 11 is 0. The molecule has 1 atom stereocenters. The van der Waals surface area contributed by atoms with Crippen molar-refractivity contribution in [2.45, 2.75) is 71.4 Å². The number of rotatable bonds is 6. The monoisotopic (exact) mass is 507 g/mol. The quantitative estimate of drug-likeness (QED) is 0.492. The zero-order valence-electron chi connectivity index (χ0n) is 22.5. The molecule has 37 heavy (non-hydrogen) atoms. The second-order valence-corrected chi connectivity index (χ2v) is 11.1. The van der Waals surface area contributed by atoms with Crippen LogP contribution in [0.3, 0.4) is 0 Å². The van der Waals surface area contributed by atoms with Gasteiger partial charge in [-0.05, 0) is 57.6 Å². The fourth-order valence-electron chi connectivity index (χ4n) is 4.46. The van der Waals surface area contributed by atoms with Crippen molar-refractivity contribution in [3.8, 4) is 11.1 Å². The van der Waals surface area contributed by atoms with Crippen molar-refractivity contribution in [1.29, 1.82) is 0 Å². The van der Waals surface area contributed by atoms with Crippen LogP contribution in [0.5, 0.6) is 0 Å². The van der Waals surface area contributed by atoms with E-state index in [4.69, 9.17) is 20.0 Å². The van der Waals surface area contributed by atoms with Crippen LogP contribution in [0.25, 0.3) is 11.1 Å². The highest BCUT2D eigenvalue weighted by Crippen LogP contribution is 2.39. The third kappa shape index (κ3) is 6.00. The molecule has 3 N–H and O–H groups in total. The minimum atomic E-state index is -0.515. The fourth-order valence-corrected chi connectivity index (χ4v) is 4.46. The minimum Gasteiger partial charge on any atom is -0.444 e. The minimum absolute atomic E-state index is 0.0550. The summed E-state index contributed by atoms with van der Waals surface area (Å²) in [6.07, 6.45) is 4.60. The molecule has 0 bridgehead atoms. The van der Waals surface area contributed by atoms with E-state index >= 15 is 0 Å². The van der Waals surface area contributed by atoms with Crippen LogP contribution in [-0.4, -0.2) is 50.9 Å². The molecule has 3 heterocycles. The van der Waals surface area contributed by atoms with Gasteiger partial charge in [0.2, 0.25) is 5.95 Å². The van der Waals surface area contributed by atoms with Gasteiger partial charge >= 0.3 is 12.1 Å². The topological polar surface area (TPSA) is 132 Å². The number of ether oxygens (including phenoxy) is 1. The molecule has 10 nitrogen and oxygen atoms in total. The Morgan fingerprint density at radius 2 is 1.70 bits per heavy atom. The average Bonchev–Trinajstić information content (AvgIpc) is 3.34. The van der Waals surface area contributed by atoms with E-state index in [0.717, 1.165) is 29.5 Å². The summed E-state index contributed by atoms with van der Waals surface area (Å²) < 4.78 is 11.1. The zero-order chi connectivity index (χ0) is 26.8. The molecule has 4 rings (SSSR count). The van der Waals surface area contributed by atoms with E-state index in [2.05, 4.69) is 58.2 Å². The summed E-state index contributed by atoms with van der Waals surface area (Å²) in [5.74, 6) is 1.12. The Morgan fingerprint density at radius 1 is 1.08 bits per heavy atom. The van der Waals surface area contributed by atoms with Gasteiger partial charge in [-0.25, -0.2) is 14.8 Å². The second-order valence-electron chi connectivity index (χ2n) is 11.1. The van der Waals surface area contributed by atoms with Gasteiger partial charge in [-0.3, -0.25) is 0 Å². The van der Waals surface area contributed by atoms with Crippen LogP contribution in [0.2, 0.25) is 0 Å². The van der Waals surface area contributed by atoms with E-state index in [9.17, 15) is 4.79 Å². The number of amides is 1. The largest absolute Gasteiger partial charge is 0.444 e. The Hall–Kier alpha value is -3.69. The molecule has 2 aromatic heterocycles. The van der Waals surface area contributed by atoms with Gasteiger partial charge in [0, 0.05) is 37.1 Å². The molecule has 1 aliphatic rings. The lowest BCUT2D eigenvalue weighted by Crippen LogP contribution is -2.46. The van der Waals surface area contributed by atoms with Gasteiger partial charge in [0.1, 0.15) is 5.60 Å². The molecule has 10 heteroatoms. The van der Waals surface area contributed by atoms with E-state index in [1.54, 1.807) is 12.4 Å². The molecule has 0 radical (unpaired) electrons. The number of alkyl carbamates (subject to hydrolysis) is 1. The highest BCUT2D eigenvalue weighted by molar-refractivity contribution is 5.68. The summed E-state index contributed by atoms with van der Waals surface area (Å²) in [5, 5.41) is 7.37. The number of anilines is 2. The Labute approximate surface area is 218 Å². The molecule has 1 fully saturated rings. The van der Waals surface area contributed by atoms with Crippen LogP contribution in [0.1, 0.15) is 65.8 Å². The maximum Gasteiger partial charge on any atom is 0.407 e. The number of aromatic nitrogens is 4.